The molecule has 0 saturated heterocycles. The third-order valence-electron chi connectivity index (χ3n) is 2.06. The highest BCUT2D eigenvalue weighted by atomic mass is 35.5. The van der Waals surface area contributed by atoms with Crippen molar-refractivity contribution in [3.05, 3.63) is 50.4 Å². The summed E-state index contributed by atoms with van der Waals surface area (Å²) < 4.78 is 1.61. The van der Waals surface area contributed by atoms with Gasteiger partial charge in [0.05, 0.1) is 10.7 Å². The molecule has 0 bridgehead atoms. The van der Waals surface area contributed by atoms with Crippen LogP contribution in [0.1, 0.15) is 5.69 Å². The van der Waals surface area contributed by atoms with Crippen LogP contribution in [0.2, 0.25) is 10.0 Å². The predicted octanol–water partition coefficient (Wildman–Crippen LogP) is 2.78. The Hall–Kier alpha value is -1.19. The fraction of sp³-hybridized carbons (Fsp3) is 0.100. The molecule has 2 rings (SSSR count). The monoisotopic (exact) mass is 242 g/mol. The number of hydrogen-bond donors (Lipinski definition) is 1. The Morgan fingerprint density at radius 1 is 1.27 bits per heavy atom. The number of aryl methyl sites for hydroxylation is 1. The molecule has 3 nitrogen and oxygen atoms in total. The molecule has 15 heavy (non-hydrogen) atoms. The van der Waals surface area contributed by atoms with E-state index in [2.05, 4.69) is 5.10 Å². The van der Waals surface area contributed by atoms with Crippen molar-refractivity contribution in [3.8, 4) is 5.69 Å². The van der Waals surface area contributed by atoms with Crippen LogP contribution in [0.3, 0.4) is 0 Å². The lowest BCUT2D eigenvalue weighted by Gasteiger charge is -2.07. The maximum atomic E-state index is 11.1. The molecule has 0 saturated carbocycles. The summed E-state index contributed by atoms with van der Waals surface area (Å²) in [5.74, 6) is 0. The third kappa shape index (κ3) is 1.94. The first-order valence-electron chi connectivity index (χ1n) is 4.32. The van der Waals surface area contributed by atoms with Gasteiger partial charge in [-0.25, -0.2) is 0 Å². The zero-order valence-corrected chi connectivity index (χ0v) is 9.43. The molecular weight excluding hydrogens is 235 g/mol. The second-order valence-corrected chi connectivity index (χ2v) is 4.04. The molecule has 1 heterocycles. The lowest BCUT2D eigenvalue weighted by Crippen LogP contribution is -2.04. The van der Waals surface area contributed by atoms with Crippen molar-refractivity contribution in [1.29, 1.82) is 0 Å². The van der Waals surface area contributed by atoms with Gasteiger partial charge in [0.2, 0.25) is 0 Å². The summed E-state index contributed by atoms with van der Waals surface area (Å²) in [6.45, 7) is 1.81. The van der Waals surface area contributed by atoms with Gasteiger partial charge in [0.1, 0.15) is 0 Å². The zero-order chi connectivity index (χ0) is 11.0. The lowest BCUT2D eigenvalue weighted by atomic mass is 10.3. The van der Waals surface area contributed by atoms with Gasteiger partial charge in [-0.3, -0.25) is 14.6 Å². The van der Waals surface area contributed by atoms with Crippen molar-refractivity contribution in [2.45, 2.75) is 6.92 Å². The van der Waals surface area contributed by atoms with Gasteiger partial charge >= 0.3 is 0 Å². The fourth-order valence-electron chi connectivity index (χ4n) is 1.39. The van der Waals surface area contributed by atoms with Gasteiger partial charge in [-0.05, 0) is 25.1 Å². The van der Waals surface area contributed by atoms with Crippen LogP contribution in [0.15, 0.2) is 29.1 Å². The molecule has 0 radical (unpaired) electrons. The van der Waals surface area contributed by atoms with Crippen LogP contribution in [-0.4, -0.2) is 9.78 Å². The highest BCUT2D eigenvalue weighted by Gasteiger charge is 2.07. The second kappa shape index (κ2) is 3.76. The predicted molar refractivity (Wildman–Crippen MR) is 61.1 cm³/mol. The van der Waals surface area contributed by atoms with Crippen molar-refractivity contribution >= 4 is 23.2 Å². The Bertz CT molecular complexity index is 557. The number of H-pyrrole nitrogens is 1. The smallest absolute Gasteiger partial charge is 0.264 e. The number of halogens is 2. The Morgan fingerprint density at radius 3 is 2.60 bits per heavy atom. The molecule has 1 aromatic carbocycles. The van der Waals surface area contributed by atoms with Crippen molar-refractivity contribution in [2.75, 3.05) is 0 Å². The van der Waals surface area contributed by atoms with Crippen LogP contribution in [-0.2, 0) is 0 Å². The van der Waals surface area contributed by atoms with E-state index in [0.717, 1.165) is 5.69 Å². The lowest BCUT2D eigenvalue weighted by molar-refractivity contribution is 0.835. The normalized spacial score (nSPS) is 10.6. The maximum absolute atomic E-state index is 11.1. The Kier molecular flexibility index (Phi) is 2.59. The van der Waals surface area contributed by atoms with Crippen molar-refractivity contribution in [2.24, 2.45) is 0 Å². The number of nitrogens with one attached hydrogen (secondary N) is 1. The van der Waals surface area contributed by atoms with E-state index in [0.29, 0.717) is 15.7 Å². The topological polar surface area (TPSA) is 37.8 Å². The van der Waals surface area contributed by atoms with E-state index in [1.165, 1.54) is 6.07 Å². The number of nitrogens with zero attached hydrogens (tertiary/aromatic N) is 1. The summed E-state index contributed by atoms with van der Waals surface area (Å²) in [4.78, 5) is 11.1. The van der Waals surface area contributed by atoms with Gasteiger partial charge in [0.25, 0.3) is 5.56 Å². The van der Waals surface area contributed by atoms with Gasteiger partial charge in [-0.1, -0.05) is 23.2 Å². The fourth-order valence-corrected chi connectivity index (χ4v) is 1.76. The summed E-state index contributed by atoms with van der Waals surface area (Å²) in [5, 5.41) is 3.76. The van der Waals surface area contributed by atoms with E-state index in [9.17, 15) is 4.79 Å². The molecule has 78 valence electrons. The van der Waals surface area contributed by atoms with Crippen LogP contribution >= 0.6 is 23.2 Å². The van der Waals surface area contributed by atoms with E-state index in [1.807, 2.05) is 6.92 Å². The summed E-state index contributed by atoms with van der Waals surface area (Å²) in [7, 11) is 0. The van der Waals surface area contributed by atoms with Crippen LogP contribution in [0, 0.1) is 6.92 Å². The van der Waals surface area contributed by atoms with Crippen LogP contribution in [0.4, 0.5) is 0 Å². The van der Waals surface area contributed by atoms with Crippen LogP contribution in [0.5, 0.6) is 0 Å². The number of benzene rings is 1. The molecule has 0 aliphatic rings. The molecule has 0 amide bonds. The Labute approximate surface area is 96.2 Å². The van der Waals surface area contributed by atoms with Gasteiger partial charge in [0, 0.05) is 16.8 Å². The van der Waals surface area contributed by atoms with Crippen molar-refractivity contribution in [3.63, 3.8) is 0 Å². The van der Waals surface area contributed by atoms with Crippen LogP contribution in [0.25, 0.3) is 5.69 Å². The van der Waals surface area contributed by atoms with Crippen molar-refractivity contribution < 1.29 is 0 Å². The third-order valence-corrected chi connectivity index (χ3v) is 2.62. The summed E-state index contributed by atoms with van der Waals surface area (Å²) in [5.41, 5.74) is 1.29. The Morgan fingerprint density at radius 2 is 2.00 bits per heavy atom. The van der Waals surface area contributed by atoms with E-state index in [1.54, 1.807) is 22.9 Å². The standard InChI is InChI=1S/C10H8Cl2N2O/c1-6-4-10(15)13-14(6)9-5-7(11)2-3-8(9)12/h2-5H,1H3,(H,13,15). The molecule has 0 aliphatic carbocycles. The van der Waals surface area contributed by atoms with E-state index >= 15 is 0 Å². The first-order valence-corrected chi connectivity index (χ1v) is 5.07. The van der Waals surface area contributed by atoms with Gasteiger partial charge in [-0.2, -0.15) is 0 Å². The van der Waals surface area contributed by atoms with Gasteiger partial charge in [0.15, 0.2) is 0 Å². The number of hydrogen-bond acceptors (Lipinski definition) is 1. The summed E-state index contributed by atoms with van der Waals surface area (Å²) in [6, 6.07) is 6.59. The average Bonchev–Trinajstić information content (AvgIpc) is 2.50. The molecule has 5 heteroatoms. The van der Waals surface area contributed by atoms with Gasteiger partial charge < -0.3 is 0 Å². The van der Waals surface area contributed by atoms with E-state index in [4.69, 9.17) is 23.2 Å². The molecular formula is C10H8Cl2N2O. The molecule has 2 aromatic rings. The quantitative estimate of drug-likeness (QED) is 0.821. The largest absolute Gasteiger partial charge is 0.268 e. The molecule has 1 N–H and O–H groups in total. The van der Waals surface area contributed by atoms with Crippen LogP contribution < -0.4 is 5.56 Å². The SMILES string of the molecule is Cc1cc(=O)[nH]n1-c1cc(Cl)ccc1Cl. The second-order valence-electron chi connectivity index (χ2n) is 3.19. The van der Waals surface area contributed by atoms with E-state index < -0.39 is 0 Å². The molecule has 0 atom stereocenters. The number of aromatic nitrogens is 2. The molecule has 0 fully saturated rings. The summed E-state index contributed by atoms with van der Waals surface area (Å²) in [6.07, 6.45) is 0. The minimum absolute atomic E-state index is 0.163. The first-order chi connectivity index (χ1) is 7.08. The highest BCUT2D eigenvalue weighted by molar-refractivity contribution is 6.34. The maximum Gasteiger partial charge on any atom is 0.264 e. The molecule has 0 unspecified atom stereocenters. The molecule has 1 aromatic heterocycles. The van der Waals surface area contributed by atoms with Crippen molar-refractivity contribution in [1.82, 2.24) is 9.78 Å². The zero-order valence-electron chi connectivity index (χ0n) is 7.92. The van der Waals surface area contributed by atoms with E-state index in [-0.39, 0.29) is 5.56 Å². The number of aromatic amines is 1. The van der Waals surface area contributed by atoms with Gasteiger partial charge in [-0.15, -0.1) is 0 Å². The minimum Gasteiger partial charge on any atom is -0.268 e. The average molecular weight is 243 g/mol. The highest BCUT2D eigenvalue weighted by Crippen LogP contribution is 2.24. The Balaban J connectivity index is 2.68. The molecule has 0 aliphatic heterocycles. The molecule has 0 spiro atoms. The number of rotatable bonds is 1. The summed E-state index contributed by atoms with van der Waals surface area (Å²) >= 11 is 11.9. The minimum atomic E-state index is -0.163. The first kappa shape index (κ1) is 10.3.